The maximum atomic E-state index is 12.7. The van der Waals surface area contributed by atoms with Crippen molar-refractivity contribution in [2.75, 3.05) is 11.4 Å². The van der Waals surface area contributed by atoms with E-state index in [0.29, 0.717) is 18.7 Å². The van der Waals surface area contributed by atoms with Crippen LogP contribution in [0.1, 0.15) is 12.1 Å². The number of alkyl halides is 3. The van der Waals surface area contributed by atoms with E-state index in [4.69, 9.17) is 0 Å². The molecule has 23 heavy (non-hydrogen) atoms. The largest absolute Gasteiger partial charge is 0.433 e. The fourth-order valence-corrected chi connectivity index (χ4v) is 3.23. The predicted octanol–water partition coefficient (Wildman–Crippen LogP) is 2.13. The van der Waals surface area contributed by atoms with Gasteiger partial charge in [-0.3, -0.25) is 9.48 Å². The van der Waals surface area contributed by atoms with Gasteiger partial charge in [-0.15, -0.1) is 0 Å². The van der Waals surface area contributed by atoms with Gasteiger partial charge in [0, 0.05) is 26.0 Å². The highest BCUT2D eigenvalue weighted by Gasteiger charge is 2.36. The molecule has 0 bridgehead atoms. The molecular weight excluding hydrogens is 331 g/mol. The summed E-state index contributed by atoms with van der Waals surface area (Å²) in [6.07, 6.45) is 0.325. The van der Waals surface area contributed by atoms with Crippen LogP contribution in [0.3, 0.4) is 0 Å². The summed E-state index contributed by atoms with van der Waals surface area (Å²) < 4.78 is 39.6. The van der Waals surface area contributed by atoms with Crippen molar-refractivity contribution in [3.8, 4) is 0 Å². The predicted molar refractivity (Wildman–Crippen MR) is 76.9 cm³/mol. The molecule has 0 aliphatic carbocycles. The fourth-order valence-electron chi connectivity index (χ4n) is 2.25. The normalized spacial score (nSPS) is 18.7. The molecule has 0 unspecified atom stereocenters. The maximum Gasteiger partial charge on any atom is 0.433 e. The van der Waals surface area contributed by atoms with Crippen molar-refractivity contribution in [1.82, 2.24) is 19.7 Å². The van der Waals surface area contributed by atoms with Crippen LogP contribution in [-0.2, 0) is 18.0 Å². The van der Waals surface area contributed by atoms with Gasteiger partial charge in [0.2, 0.25) is 5.91 Å². The average molecular weight is 343 g/mol. The fraction of sp³-hybridized carbons (Fsp3) is 0.385. The number of carbonyl (C=O) groups is 1. The monoisotopic (exact) mass is 343 g/mol. The Morgan fingerprint density at radius 2 is 2.17 bits per heavy atom. The van der Waals surface area contributed by atoms with Crippen molar-refractivity contribution in [2.45, 2.75) is 23.0 Å². The van der Waals surface area contributed by atoms with Gasteiger partial charge in [0.05, 0.1) is 17.1 Å². The Morgan fingerprint density at radius 3 is 2.83 bits per heavy atom. The van der Waals surface area contributed by atoms with E-state index in [1.165, 1.54) is 0 Å². The van der Waals surface area contributed by atoms with E-state index in [2.05, 4.69) is 15.1 Å². The van der Waals surface area contributed by atoms with Crippen LogP contribution in [0.25, 0.3) is 0 Å². The molecule has 122 valence electrons. The highest BCUT2D eigenvalue weighted by Crippen LogP contribution is 2.33. The molecule has 10 heteroatoms. The summed E-state index contributed by atoms with van der Waals surface area (Å²) >= 11 is 0.954. The lowest BCUT2D eigenvalue weighted by Crippen LogP contribution is -2.27. The number of aromatic nitrogens is 4. The third-order valence-corrected chi connectivity index (χ3v) is 4.46. The average Bonchev–Trinajstić information content (AvgIpc) is 3.06. The Morgan fingerprint density at radius 1 is 1.39 bits per heavy atom. The number of aryl methyl sites for hydroxylation is 1. The smallest absolute Gasteiger partial charge is 0.308 e. The first-order chi connectivity index (χ1) is 10.8. The van der Waals surface area contributed by atoms with Gasteiger partial charge < -0.3 is 4.90 Å². The second kappa shape index (κ2) is 5.84. The van der Waals surface area contributed by atoms with Crippen molar-refractivity contribution in [3.05, 3.63) is 30.4 Å². The van der Waals surface area contributed by atoms with Gasteiger partial charge in [0.15, 0.2) is 5.16 Å². The lowest BCUT2D eigenvalue weighted by atomic mass is 10.4. The first-order valence-electron chi connectivity index (χ1n) is 6.71. The lowest BCUT2D eigenvalue weighted by molar-refractivity contribution is -0.141. The molecule has 1 aliphatic heterocycles. The molecule has 2 aromatic heterocycles. The Labute approximate surface area is 133 Å². The highest BCUT2D eigenvalue weighted by atomic mass is 32.2. The molecule has 1 atom stereocenters. The topological polar surface area (TPSA) is 63.9 Å². The number of hydrogen-bond acceptors (Lipinski definition) is 5. The van der Waals surface area contributed by atoms with Crippen LogP contribution in [0, 0.1) is 0 Å². The Balaban J connectivity index is 1.73. The van der Waals surface area contributed by atoms with Gasteiger partial charge in [-0.25, -0.2) is 9.97 Å². The molecule has 0 saturated carbocycles. The van der Waals surface area contributed by atoms with Crippen LogP contribution >= 0.6 is 11.8 Å². The summed E-state index contributed by atoms with van der Waals surface area (Å²) in [5, 5.41) is 3.46. The van der Waals surface area contributed by atoms with Gasteiger partial charge in [0.25, 0.3) is 0 Å². The molecule has 1 amide bonds. The zero-order valence-corrected chi connectivity index (χ0v) is 12.8. The number of halogens is 3. The molecule has 1 aliphatic rings. The van der Waals surface area contributed by atoms with Gasteiger partial charge in [0.1, 0.15) is 5.69 Å². The minimum atomic E-state index is -4.53. The minimum absolute atomic E-state index is 0.0498. The molecule has 0 spiro atoms. The number of hydrogen-bond donors (Lipinski definition) is 0. The Hall–Kier alpha value is -2.10. The standard InChI is InChI=1S/C13H12F3N5OS/c1-20-7-8(6-18-20)21-5-3-9(11(21)22)23-12-17-4-2-10(19-12)13(14,15)16/h2,4,6-7,9H,3,5H2,1H3/t9-/m0/s1. The van der Waals surface area contributed by atoms with E-state index in [-0.39, 0.29) is 11.1 Å². The van der Waals surface area contributed by atoms with E-state index in [1.54, 1.807) is 29.0 Å². The van der Waals surface area contributed by atoms with Gasteiger partial charge in [-0.1, -0.05) is 11.8 Å². The molecule has 0 aromatic carbocycles. The van der Waals surface area contributed by atoms with Crippen LogP contribution in [0.2, 0.25) is 0 Å². The molecule has 6 nitrogen and oxygen atoms in total. The summed E-state index contributed by atoms with van der Waals surface area (Å²) in [5.74, 6) is -0.177. The number of anilines is 1. The number of rotatable bonds is 3. The summed E-state index contributed by atoms with van der Waals surface area (Å²) in [5.41, 5.74) is -0.338. The highest BCUT2D eigenvalue weighted by molar-refractivity contribution is 8.00. The van der Waals surface area contributed by atoms with Gasteiger partial charge in [-0.2, -0.15) is 18.3 Å². The zero-order chi connectivity index (χ0) is 16.6. The van der Waals surface area contributed by atoms with Crippen molar-refractivity contribution in [1.29, 1.82) is 0 Å². The van der Waals surface area contributed by atoms with Crippen LogP contribution in [0.4, 0.5) is 18.9 Å². The van der Waals surface area contributed by atoms with Crippen LogP contribution in [-0.4, -0.2) is 37.5 Å². The molecule has 1 fully saturated rings. The van der Waals surface area contributed by atoms with Crippen LogP contribution in [0.5, 0.6) is 0 Å². The molecular formula is C13H12F3N5OS. The van der Waals surface area contributed by atoms with E-state index < -0.39 is 17.1 Å². The summed E-state index contributed by atoms with van der Waals surface area (Å²) in [6.45, 7) is 0.487. The Bertz CT molecular complexity index is 732. The van der Waals surface area contributed by atoms with Crippen molar-refractivity contribution in [2.24, 2.45) is 7.05 Å². The van der Waals surface area contributed by atoms with Gasteiger partial charge >= 0.3 is 6.18 Å². The molecule has 2 aromatic rings. The number of thioether (sulfide) groups is 1. The molecule has 0 radical (unpaired) electrons. The number of amides is 1. The van der Waals surface area contributed by atoms with Crippen LogP contribution < -0.4 is 4.90 Å². The van der Waals surface area contributed by atoms with Crippen molar-refractivity contribution >= 4 is 23.4 Å². The van der Waals surface area contributed by atoms with Crippen LogP contribution in [0.15, 0.2) is 29.8 Å². The van der Waals surface area contributed by atoms with E-state index >= 15 is 0 Å². The number of carbonyl (C=O) groups excluding carboxylic acids is 1. The molecule has 1 saturated heterocycles. The van der Waals surface area contributed by atoms with E-state index in [9.17, 15) is 18.0 Å². The van der Waals surface area contributed by atoms with E-state index in [1.807, 2.05) is 0 Å². The quantitative estimate of drug-likeness (QED) is 0.799. The lowest BCUT2D eigenvalue weighted by Gasteiger charge is -2.14. The zero-order valence-electron chi connectivity index (χ0n) is 12.0. The van der Waals surface area contributed by atoms with E-state index in [0.717, 1.165) is 24.0 Å². The first kappa shape index (κ1) is 15.8. The maximum absolute atomic E-state index is 12.7. The van der Waals surface area contributed by atoms with Crippen molar-refractivity contribution in [3.63, 3.8) is 0 Å². The van der Waals surface area contributed by atoms with Crippen molar-refractivity contribution < 1.29 is 18.0 Å². The molecule has 3 heterocycles. The number of nitrogens with zero attached hydrogens (tertiary/aromatic N) is 5. The SMILES string of the molecule is Cn1cc(N2CC[C@H](Sc3nccc(C(F)(F)F)n3)C2=O)cn1. The third-order valence-electron chi connectivity index (χ3n) is 3.33. The molecule has 3 rings (SSSR count). The summed E-state index contributed by atoms with van der Waals surface area (Å²) in [4.78, 5) is 21.3. The third kappa shape index (κ3) is 3.31. The van der Waals surface area contributed by atoms with Gasteiger partial charge in [-0.05, 0) is 12.5 Å². The summed E-state index contributed by atoms with van der Waals surface area (Å²) in [6, 6.07) is 0.808. The second-order valence-corrected chi connectivity index (χ2v) is 6.15. The Kier molecular flexibility index (Phi) is 4.00. The summed E-state index contributed by atoms with van der Waals surface area (Å²) in [7, 11) is 1.74. The second-order valence-electron chi connectivity index (χ2n) is 4.98. The molecule has 0 N–H and O–H groups in total. The minimum Gasteiger partial charge on any atom is -0.308 e. The first-order valence-corrected chi connectivity index (χ1v) is 7.59.